The lowest BCUT2D eigenvalue weighted by molar-refractivity contribution is 0.0336. The van der Waals surface area contributed by atoms with Crippen LogP contribution in [0.1, 0.15) is 119 Å². The third-order valence-corrected chi connectivity index (χ3v) is 7.66. The smallest absolute Gasteiger partial charge is 0.494 e. The van der Waals surface area contributed by atoms with Gasteiger partial charge in [0.05, 0.1) is 13.2 Å². The molecule has 2 fully saturated rings. The largest absolute Gasteiger partial charge is 0.497 e. The summed E-state index contributed by atoms with van der Waals surface area (Å²) in [6.07, 6.45) is 14.6. The number of hydrogen-bond donors (Lipinski definition) is 0. The molecule has 0 atom stereocenters. The summed E-state index contributed by atoms with van der Waals surface area (Å²) in [5.74, 6) is 1.55. The molecular formula is C32H56B2O6. The van der Waals surface area contributed by atoms with Gasteiger partial charge in [-0.1, -0.05) is 106 Å². The molecule has 2 aliphatic rings. The van der Waals surface area contributed by atoms with E-state index in [1.54, 1.807) is 0 Å². The summed E-state index contributed by atoms with van der Waals surface area (Å²) in [7, 11) is -0.963. The zero-order chi connectivity index (χ0) is 28.8. The Labute approximate surface area is 245 Å². The molecule has 0 amide bonds. The Morgan fingerprint density at radius 3 is 1.23 bits per heavy atom. The highest BCUT2D eigenvalue weighted by atomic mass is 16.6. The molecule has 2 aliphatic heterocycles. The van der Waals surface area contributed by atoms with Crippen molar-refractivity contribution in [1.82, 2.24) is 0 Å². The molecule has 2 heterocycles. The molecule has 0 unspecified atom stereocenters. The fourth-order valence-electron chi connectivity index (χ4n) is 5.08. The molecule has 0 N–H and O–H groups in total. The molecular weight excluding hydrogens is 502 g/mol. The van der Waals surface area contributed by atoms with Crippen LogP contribution in [0.4, 0.5) is 0 Å². The lowest BCUT2D eigenvalue weighted by Gasteiger charge is -2.35. The third kappa shape index (κ3) is 11.2. The van der Waals surface area contributed by atoms with Crippen molar-refractivity contribution in [2.24, 2.45) is 10.8 Å². The van der Waals surface area contributed by atoms with Gasteiger partial charge in [0.15, 0.2) is 0 Å². The van der Waals surface area contributed by atoms with Gasteiger partial charge in [-0.25, -0.2) is 0 Å². The van der Waals surface area contributed by atoms with Crippen LogP contribution in [-0.4, -0.2) is 53.9 Å². The first-order chi connectivity index (χ1) is 19.2. The van der Waals surface area contributed by atoms with Gasteiger partial charge in [0.1, 0.15) is 11.5 Å². The molecule has 0 radical (unpaired) electrons. The van der Waals surface area contributed by atoms with E-state index < -0.39 is 14.2 Å². The molecule has 0 aromatic heterocycles. The standard InChI is InChI=1S/C32H56B2O6/c1-7-9-11-13-15-17-19-35-29-21-28(34-39-25-32(5,6)26-40-34)30(36-20-18-16-14-12-10-8-2)22-27(29)33-37-23-31(3,4)24-38-33/h21-22H,7-20,23-26H2,1-6H3. The molecule has 226 valence electrons. The quantitative estimate of drug-likeness (QED) is 0.148. The second-order valence-corrected chi connectivity index (χ2v) is 13.4. The fourth-order valence-corrected chi connectivity index (χ4v) is 5.08. The van der Waals surface area contributed by atoms with Crippen molar-refractivity contribution in [3.05, 3.63) is 12.1 Å². The summed E-state index contributed by atoms with van der Waals surface area (Å²) in [6.45, 7) is 17.0. The summed E-state index contributed by atoms with van der Waals surface area (Å²) in [5.41, 5.74) is 1.76. The minimum atomic E-state index is -0.481. The van der Waals surface area contributed by atoms with E-state index in [4.69, 9.17) is 28.1 Å². The van der Waals surface area contributed by atoms with Gasteiger partial charge in [-0.15, -0.1) is 0 Å². The Balaban J connectivity index is 1.78. The van der Waals surface area contributed by atoms with Gasteiger partial charge in [0.25, 0.3) is 0 Å². The molecule has 2 saturated heterocycles. The second kappa shape index (κ2) is 17.0. The van der Waals surface area contributed by atoms with Crippen LogP contribution >= 0.6 is 0 Å². The molecule has 0 spiro atoms. The van der Waals surface area contributed by atoms with Crippen molar-refractivity contribution in [2.45, 2.75) is 119 Å². The van der Waals surface area contributed by atoms with Crippen LogP contribution in [0.3, 0.4) is 0 Å². The van der Waals surface area contributed by atoms with Crippen molar-refractivity contribution in [2.75, 3.05) is 39.6 Å². The lowest BCUT2D eigenvalue weighted by Crippen LogP contribution is -2.50. The highest BCUT2D eigenvalue weighted by Gasteiger charge is 2.39. The van der Waals surface area contributed by atoms with Gasteiger partial charge >= 0.3 is 14.2 Å². The van der Waals surface area contributed by atoms with Gasteiger partial charge in [0, 0.05) is 48.2 Å². The van der Waals surface area contributed by atoms with Crippen LogP contribution < -0.4 is 20.4 Å². The van der Waals surface area contributed by atoms with Gasteiger partial charge in [-0.2, -0.15) is 0 Å². The van der Waals surface area contributed by atoms with E-state index >= 15 is 0 Å². The van der Waals surface area contributed by atoms with Crippen molar-refractivity contribution in [3.63, 3.8) is 0 Å². The zero-order valence-corrected chi connectivity index (χ0v) is 26.5. The third-order valence-electron chi connectivity index (χ3n) is 7.66. The number of hydrogen-bond acceptors (Lipinski definition) is 6. The molecule has 0 aliphatic carbocycles. The van der Waals surface area contributed by atoms with Crippen LogP contribution in [0.15, 0.2) is 12.1 Å². The summed E-state index contributed by atoms with van der Waals surface area (Å²) in [4.78, 5) is 0. The first kappa shape index (κ1) is 33.3. The summed E-state index contributed by atoms with van der Waals surface area (Å²) >= 11 is 0. The fraction of sp³-hybridized carbons (Fsp3) is 0.812. The van der Waals surface area contributed by atoms with E-state index in [1.165, 1.54) is 64.2 Å². The van der Waals surface area contributed by atoms with E-state index in [9.17, 15) is 0 Å². The van der Waals surface area contributed by atoms with E-state index in [-0.39, 0.29) is 10.8 Å². The zero-order valence-electron chi connectivity index (χ0n) is 26.5. The van der Waals surface area contributed by atoms with Crippen LogP contribution in [0.2, 0.25) is 0 Å². The van der Waals surface area contributed by atoms with Crippen molar-refractivity contribution in [3.8, 4) is 11.5 Å². The molecule has 3 rings (SSSR count). The predicted octanol–water partition coefficient (Wildman–Crippen LogP) is 6.70. The maximum Gasteiger partial charge on any atom is 0.497 e. The minimum Gasteiger partial charge on any atom is -0.494 e. The van der Waals surface area contributed by atoms with Crippen LogP contribution in [0.5, 0.6) is 11.5 Å². The summed E-state index contributed by atoms with van der Waals surface area (Å²) < 4.78 is 37.7. The minimum absolute atomic E-state index is 0.0103. The molecule has 1 aromatic rings. The van der Waals surface area contributed by atoms with E-state index in [0.29, 0.717) is 39.6 Å². The number of rotatable bonds is 18. The van der Waals surface area contributed by atoms with Gasteiger partial charge in [-0.05, 0) is 25.0 Å². The average Bonchev–Trinajstić information content (AvgIpc) is 2.92. The highest BCUT2D eigenvalue weighted by Crippen LogP contribution is 2.27. The van der Waals surface area contributed by atoms with Crippen LogP contribution in [0.25, 0.3) is 0 Å². The number of benzene rings is 1. The van der Waals surface area contributed by atoms with E-state index in [2.05, 4.69) is 53.7 Å². The molecule has 40 heavy (non-hydrogen) atoms. The molecule has 0 bridgehead atoms. The second-order valence-electron chi connectivity index (χ2n) is 13.4. The Kier molecular flexibility index (Phi) is 14.2. The van der Waals surface area contributed by atoms with Crippen molar-refractivity contribution >= 4 is 25.2 Å². The maximum atomic E-state index is 6.43. The van der Waals surface area contributed by atoms with E-state index in [0.717, 1.165) is 35.3 Å². The van der Waals surface area contributed by atoms with Crippen molar-refractivity contribution < 1.29 is 28.1 Å². The Morgan fingerprint density at radius 2 is 0.875 bits per heavy atom. The Morgan fingerprint density at radius 1 is 0.550 bits per heavy atom. The van der Waals surface area contributed by atoms with E-state index in [1.807, 2.05) is 0 Å². The number of ether oxygens (including phenoxy) is 2. The highest BCUT2D eigenvalue weighted by molar-refractivity contribution is 6.65. The summed E-state index contributed by atoms with van der Waals surface area (Å²) in [6, 6.07) is 4.11. The Hall–Kier alpha value is -1.21. The molecule has 8 heteroatoms. The van der Waals surface area contributed by atoms with Gasteiger partial charge < -0.3 is 28.1 Å². The molecule has 6 nitrogen and oxygen atoms in total. The predicted molar refractivity (Wildman–Crippen MR) is 166 cm³/mol. The van der Waals surface area contributed by atoms with Crippen LogP contribution in [-0.2, 0) is 18.6 Å². The first-order valence-corrected chi connectivity index (χ1v) is 16.1. The molecule has 1 aromatic carbocycles. The van der Waals surface area contributed by atoms with Gasteiger partial charge in [-0.3, -0.25) is 0 Å². The maximum absolute atomic E-state index is 6.43. The normalized spacial score (nSPS) is 18.6. The molecule has 0 saturated carbocycles. The van der Waals surface area contributed by atoms with Crippen molar-refractivity contribution in [1.29, 1.82) is 0 Å². The van der Waals surface area contributed by atoms with Crippen LogP contribution in [0, 0.1) is 10.8 Å². The number of unbranched alkanes of at least 4 members (excludes halogenated alkanes) is 10. The summed E-state index contributed by atoms with van der Waals surface area (Å²) in [5, 5.41) is 0. The first-order valence-electron chi connectivity index (χ1n) is 16.1. The average molecular weight is 558 g/mol. The topological polar surface area (TPSA) is 55.4 Å². The lowest BCUT2D eigenvalue weighted by atomic mass is 9.70. The monoisotopic (exact) mass is 558 g/mol. The SMILES string of the molecule is CCCCCCCCOc1cc(B2OCC(C)(C)CO2)c(OCCCCCCCC)cc1B1OCC(C)(C)CO1. The van der Waals surface area contributed by atoms with Gasteiger partial charge in [0.2, 0.25) is 0 Å². The Bertz CT molecular complexity index is 772.